The summed E-state index contributed by atoms with van der Waals surface area (Å²) in [6, 6.07) is 4.11. The van der Waals surface area contributed by atoms with Gasteiger partial charge in [-0.05, 0) is 18.6 Å². The van der Waals surface area contributed by atoms with E-state index in [0.29, 0.717) is 5.92 Å². The van der Waals surface area contributed by atoms with Crippen molar-refractivity contribution in [3.63, 3.8) is 0 Å². The van der Waals surface area contributed by atoms with Crippen LogP contribution in [0, 0.1) is 6.92 Å². The van der Waals surface area contributed by atoms with Crippen LogP contribution in [0.2, 0.25) is 0 Å². The lowest BCUT2D eigenvalue weighted by Gasteiger charge is -1.97. The molecule has 1 N–H and O–H groups in total. The molecule has 0 amide bonds. The van der Waals surface area contributed by atoms with Gasteiger partial charge in [-0.25, -0.2) is 4.98 Å². The van der Waals surface area contributed by atoms with Gasteiger partial charge in [-0.3, -0.25) is 0 Å². The molecule has 0 fully saturated rings. The molecule has 106 valence electrons. The number of imidazole rings is 1. The summed E-state index contributed by atoms with van der Waals surface area (Å²) < 4.78 is 2.06. The van der Waals surface area contributed by atoms with E-state index >= 15 is 0 Å². The van der Waals surface area contributed by atoms with Crippen LogP contribution in [0.1, 0.15) is 44.4 Å². The van der Waals surface area contributed by atoms with Crippen LogP contribution >= 0.6 is 0 Å². The van der Waals surface area contributed by atoms with Crippen LogP contribution in [0.5, 0.6) is 0 Å². The number of aliphatic hydroxyl groups excluding tert-OH is 1. The highest BCUT2D eigenvalue weighted by Crippen LogP contribution is 2.16. The van der Waals surface area contributed by atoms with Crippen molar-refractivity contribution in [1.82, 2.24) is 9.38 Å². The van der Waals surface area contributed by atoms with Crippen molar-refractivity contribution in [3.8, 4) is 0 Å². The van der Waals surface area contributed by atoms with Gasteiger partial charge in [-0.1, -0.05) is 39.3 Å². The summed E-state index contributed by atoms with van der Waals surface area (Å²) >= 11 is 0. The molecular formula is C16H26N2O. The smallest absolute Gasteiger partial charge is 0.137 e. The molecule has 1 unspecified atom stereocenters. The minimum absolute atomic E-state index is 0.315. The first-order valence-corrected chi connectivity index (χ1v) is 6.64. The van der Waals surface area contributed by atoms with Crippen molar-refractivity contribution in [2.45, 2.75) is 40.0 Å². The molecule has 2 aromatic rings. The summed E-state index contributed by atoms with van der Waals surface area (Å²) in [5, 5.41) is 7.00. The zero-order chi connectivity index (χ0) is 14.8. The first kappa shape index (κ1) is 17.4. The van der Waals surface area contributed by atoms with E-state index in [1.54, 1.807) is 0 Å². The van der Waals surface area contributed by atoms with E-state index in [0.717, 1.165) is 18.5 Å². The van der Waals surface area contributed by atoms with Gasteiger partial charge in [0.1, 0.15) is 5.65 Å². The molecule has 0 aliphatic carbocycles. The van der Waals surface area contributed by atoms with Crippen molar-refractivity contribution in [2.24, 2.45) is 0 Å². The second-order valence-corrected chi connectivity index (χ2v) is 4.37. The third-order valence-electron chi connectivity index (χ3n) is 2.44. The number of hydrogen-bond donors (Lipinski definition) is 1. The Kier molecular flexibility index (Phi) is 8.55. The maximum atomic E-state index is 7.00. The van der Waals surface area contributed by atoms with E-state index in [-0.39, 0.29) is 0 Å². The monoisotopic (exact) mass is 262 g/mol. The maximum absolute atomic E-state index is 7.00. The van der Waals surface area contributed by atoms with Crippen LogP contribution in [-0.2, 0) is 0 Å². The van der Waals surface area contributed by atoms with E-state index in [9.17, 15) is 0 Å². The van der Waals surface area contributed by atoms with Gasteiger partial charge < -0.3 is 9.51 Å². The quantitative estimate of drug-likeness (QED) is 0.832. The lowest BCUT2D eigenvalue weighted by atomic mass is 10.1. The Bertz CT molecular complexity index is 488. The number of aliphatic hydroxyl groups is 1. The van der Waals surface area contributed by atoms with Crippen LogP contribution in [0.15, 0.2) is 37.2 Å². The molecule has 3 heteroatoms. The van der Waals surface area contributed by atoms with Gasteiger partial charge >= 0.3 is 0 Å². The van der Waals surface area contributed by atoms with Crippen molar-refractivity contribution >= 4 is 5.65 Å². The molecule has 19 heavy (non-hydrogen) atoms. The molecule has 0 saturated heterocycles. The van der Waals surface area contributed by atoms with Gasteiger partial charge in [0.2, 0.25) is 0 Å². The molecule has 1 atom stereocenters. The first-order valence-electron chi connectivity index (χ1n) is 6.64. The summed E-state index contributed by atoms with van der Waals surface area (Å²) in [6.07, 6.45) is 7.31. The van der Waals surface area contributed by atoms with Gasteiger partial charge in [0.25, 0.3) is 0 Å². The predicted octanol–water partition coefficient (Wildman–Crippen LogP) is 3.96. The number of aryl methyl sites for hydroxylation is 1. The molecule has 2 rings (SSSR count). The average molecular weight is 262 g/mol. The fraction of sp³-hybridized carbons (Fsp3) is 0.438. The second-order valence-electron chi connectivity index (χ2n) is 4.37. The standard InChI is InChI=1S/C12H14N2.C3H8.CH4O/c1-4-10(3)11-8-14-7-9(2)5-6-12(14)13-11;1-3-2;1-2/h4-8,10H,1H2,2-3H3;3H2,1-2H3;2H,1H3. The molecule has 2 aromatic heterocycles. The van der Waals surface area contributed by atoms with E-state index in [4.69, 9.17) is 5.11 Å². The molecule has 0 aliphatic rings. The Balaban J connectivity index is 0.000000573. The molecule has 0 saturated carbocycles. The number of fused-ring (bicyclic) bond motifs is 1. The Morgan fingerprint density at radius 3 is 2.42 bits per heavy atom. The normalized spacial score (nSPS) is 10.8. The highest BCUT2D eigenvalue weighted by Gasteiger charge is 2.05. The van der Waals surface area contributed by atoms with Crippen molar-refractivity contribution < 1.29 is 5.11 Å². The van der Waals surface area contributed by atoms with Gasteiger partial charge in [0.05, 0.1) is 5.69 Å². The van der Waals surface area contributed by atoms with Gasteiger partial charge in [0, 0.05) is 25.4 Å². The highest BCUT2D eigenvalue weighted by molar-refractivity contribution is 5.42. The number of aromatic nitrogens is 2. The average Bonchev–Trinajstić information content (AvgIpc) is 2.84. The Morgan fingerprint density at radius 1 is 1.32 bits per heavy atom. The summed E-state index contributed by atoms with van der Waals surface area (Å²) in [5.41, 5.74) is 3.32. The molecule has 2 heterocycles. The fourth-order valence-corrected chi connectivity index (χ4v) is 1.46. The topological polar surface area (TPSA) is 37.5 Å². The molecule has 0 aliphatic heterocycles. The van der Waals surface area contributed by atoms with Crippen LogP contribution in [0.4, 0.5) is 0 Å². The highest BCUT2D eigenvalue weighted by atomic mass is 16.2. The van der Waals surface area contributed by atoms with Crippen LogP contribution in [0.25, 0.3) is 5.65 Å². The zero-order valence-corrected chi connectivity index (χ0v) is 12.7. The summed E-state index contributed by atoms with van der Waals surface area (Å²) in [5.74, 6) is 0.315. The van der Waals surface area contributed by atoms with Gasteiger partial charge in [0.15, 0.2) is 0 Å². The fourth-order valence-electron chi connectivity index (χ4n) is 1.46. The van der Waals surface area contributed by atoms with Crippen molar-refractivity contribution in [1.29, 1.82) is 0 Å². The SMILES string of the molecule is C=CC(C)c1cn2cc(C)ccc2n1.CCC.CO. The minimum Gasteiger partial charge on any atom is -0.400 e. The Morgan fingerprint density at radius 2 is 1.89 bits per heavy atom. The molecular weight excluding hydrogens is 236 g/mol. The largest absolute Gasteiger partial charge is 0.400 e. The molecule has 0 bridgehead atoms. The number of rotatable bonds is 2. The zero-order valence-electron chi connectivity index (χ0n) is 12.7. The summed E-state index contributed by atoms with van der Waals surface area (Å²) in [6.45, 7) is 12.2. The van der Waals surface area contributed by atoms with Crippen LogP contribution < -0.4 is 0 Å². The van der Waals surface area contributed by atoms with E-state index < -0.39 is 0 Å². The van der Waals surface area contributed by atoms with Crippen molar-refractivity contribution in [3.05, 3.63) is 48.4 Å². The van der Waals surface area contributed by atoms with E-state index in [1.807, 2.05) is 12.1 Å². The second kappa shape index (κ2) is 9.34. The molecule has 3 nitrogen and oxygen atoms in total. The van der Waals surface area contributed by atoms with Gasteiger partial charge in [-0.2, -0.15) is 0 Å². The maximum Gasteiger partial charge on any atom is 0.137 e. The Hall–Kier alpha value is -1.61. The van der Waals surface area contributed by atoms with E-state index in [1.165, 1.54) is 12.0 Å². The minimum atomic E-state index is 0.315. The van der Waals surface area contributed by atoms with Crippen LogP contribution in [0.3, 0.4) is 0 Å². The number of allylic oxidation sites excluding steroid dienone is 1. The molecule has 0 radical (unpaired) electrons. The summed E-state index contributed by atoms with van der Waals surface area (Å²) in [4.78, 5) is 4.52. The van der Waals surface area contributed by atoms with Crippen LogP contribution in [-0.4, -0.2) is 21.6 Å². The Labute approximate surface area is 116 Å². The number of hydrogen-bond acceptors (Lipinski definition) is 2. The summed E-state index contributed by atoms with van der Waals surface area (Å²) in [7, 11) is 1.00. The predicted molar refractivity (Wildman–Crippen MR) is 82.6 cm³/mol. The van der Waals surface area contributed by atoms with E-state index in [2.05, 4.69) is 62.1 Å². The molecule has 0 aromatic carbocycles. The first-order chi connectivity index (χ1) is 9.12. The number of pyridine rings is 1. The van der Waals surface area contributed by atoms with Gasteiger partial charge in [-0.15, -0.1) is 6.58 Å². The lowest BCUT2D eigenvalue weighted by Crippen LogP contribution is -1.86. The third kappa shape index (κ3) is 5.26. The lowest BCUT2D eigenvalue weighted by molar-refractivity contribution is 0.399. The third-order valence-corrected chi connectivity index (χ3v) is 2.44. The number of nitrogens with zero attached hydrogens (tertiary/aromatic N) is 2. The van der Waals surface area contributed by atoms with Crippen molar-refractivity contribution in [2.75, 3.05) is 7.11 Å². The molecule has 0 spiro atoms.